The summed E-state index contributed by atoms with van der Waals surface area (Å²) in [5, 5.41) is 7.12. The largest absolute Gasteiger partial charge is 0.490 e. The fraction of sp³-hybridized carbons (Fsp3) is 0.385. The van der Waals surface area contributed by atoms with Gasteiger partial charge < -0.3 is 15.7 Å². The molecule has 0 unspecified atom stereocenters. The van der Waals surface area contributed by atoms with Crippen LogP contribution in [0.3, 0.4) is 0 Å². The topological polar surface area (TPSA) is 83.6 Å². The number of carbonyl (C=O) groups excluding carboxylic acids is 1. The summed E-state index contributed by atoms with van der Waals surface area (Å²) in [7, 11) is 0. The minimum atomic E-state index is -5.08. The second kappa shape index (κ2) is 7.07. The van der Waals surface area contributed by atoms with Gasteiger partial charge in [-0.1, -0.05) is 18.2 Å². The van der Waals surface area contributed by atoms with Crippen molar-refractivity contribution in [2.45, 2.75) is 19.0 Å². The molecule has 1 aromatic carbocycles. The van der Waals surface area contributed by atoms with Gasteiger partial charge in [0.15, 0.2) is 0 Å². The van der Waals surface area contributed by atoms with Crippen LogP contribution in [-0.2, 0) is 16.0 Å². The SMILES string of the molecule is NCC(=O)N1CCCc2ccccc21.O=C(O)C(F)(F)F. The second-order valence-electron chi connectivity index (χ2n) is 4.28. The van der Waals surface area contributed by atoms with Crippen molar-refractivity contribution in [2.24, 2.45) is 5.73 Å². The molecule has 116 valence electrons. The summed E-state index contributed by atoms with van der Waals surface area (Å²) in [6.07, 6.45) is -2.99. The highest BCUT2D eigenvalue weighted by Crippen LogP contribution is 2.26. The third-order valence-corrected chi connectivity index (χ3v) is 2.83. The maximum Gasteiger partial charge on any atom is 0.490 e. The van der Waals surface area contributed by atoms with Gasteiger partial charge in [-0.25, -0.2) is 4.79 Å². The fourth-order valence-electron chi connectivity index (χ4n) is 1.90. The lowest BCUT2D eigenvalue weighted by atomic mass is 10.0. The van der Waals surface area contributed by atoms with Crippen molar-refractivity contribution in [1.82, 2.24) is 0 Å². The number of para-hydroxylation sites is 1. The number of carboxylic acids is 1. The molecule has 0 aromatic heterocycles. The van der Waals surface area contributed by atoms with Crippen molar-refractivity contribution in [3.63, 3.8) is 0 Å². The van der Waals surface area contributed by atoms with Crippen molar-refractivity contribution in [3.8, 4) is 0 Å². The lowest BCUT2D eigenvalue weighted by molar-refractivity contribution is -0.192. The molecule has 1 amide bonds. The number of aliphatic carboxylic acids is 1. The van der Waals surface area contributed by atoms with E-state index in [-0.39, 0.29) is 12.5 Å². The molecule has 0 fully saturated rings. The van der Waals surface area contributed by atoms with Crippen LogP contribution in [0.15, 0.2) is 24.3 Å². The van der Waals surface area contributed by atoms with Gasteiger partial charge in [0.25, 0.3) is 0 Å². The maximum atomic E-state index is 11.5. The maximum absolute atomic E-state index is 11.5. The summed E-state index contributed by atoms with van der Waals surface area (Å²) < 4.78 is 31.7. The minimum absolute atomic E-state index is 0.0113. The van der Waals surface area contributed by atoms with Crippen LogP contribution in [0.1, 0.15) is 12.0 Å². The number of hydrogen-bond donors (Lipinski definition) is 2. The van der Waals surface area contributed by atoms with Crippen molar-refractivity contribution >= 4 is 17.6 Å². The van der Waals surface area contributed by atoms with Gasteiger partial charge in [0, 0.05) is 12.2 Å². The van der Waals surface area contributed by atoms with Gasteiger partial charge in [-0.05, 0) is 24.5 Å². The predicted octanol–water partition coefficient (Wildman–Crippen LogP) is 1.56. The van der Waals surface area contributed by atoms with Crippen LogP contribution >= 0.6 is 0 Å². The van der Waals surface area contributed by atoms with E-state index in [1.807, 2.05) is 18.2 Å². The van der Waals surface area contributed by atoms with E-state index in [0.29, 0.717) is 0 Å². The molecular weight excluding hydrogens is 289 g/mol. The standard InChI is InChI=1S/C11H14N2O.C2HF3O2/c12-8-11(14)13-7-3-5-9-4-1-2-6-10(9)13;3-2(4,5)1(6)7/h1-2,4,6H,3,5,7-8,12H2;(H,6,7). The van der Waals surface area contributed by atoms with E-state index in [0.717, 1.165) is 25.1 Å². The summed E-state index contributed by atoms with van der Waals surface area (Å²) in [6.45, 7) is 0.890. The Morgan fingerprint density at radius 3 is 2.38 bits per heavy atom. The molecule has 0 aliphatic carbocycles. The normalized spacial score (nSPS) is 13.8. The Morgan fingerprint density at radius 2 is 1.86 bits per heavy atom. The number of nitrogens with two attached hydrogens (primary N) is 1. The Morgan fingerprint density at radius 1 is 1.29 bits per heavy atom. The van der Waals surface area contributed by atoms with E-state index >= 15 is 0 Å². The number of halogens is 3. The number of carbonyl (C=O) groups is 2. The van der Waals surface area contributed by atoms with Crippen LogP contribution in [0, 0.1) is 0 Å². The number of benzene rings is 1. The number of nitrogens with zero attached hydrogens (tertiary/aromatic N) is 1. The van der Waals surface area contributed by atoms with Crippen LogP contribution in [0.25, 0.3) is 0 Å². The van der Waals surface area contributed by atoms with E-state index < -0.39 is 12.1 Å². The summed E-state index contributed by atoms with van der Waals surface area (Å²) >= 11 is 0. The van der Waals surface area contributed by atoms with Crippen molar-refractivity contribution in [2.75, 3.05) is 18.0 Å². The van der Waals surface area contributed by atoms with E-state index in [4.69, 9.17) is 15.6 Å². The quantitative estimate of drug-likeness (QED) is 0.824. The molecule has 1 aliphatic rings. The molecule has 0 saturated heterocycles. The van der Waals surface area contributed by atoms with E-state index in [1.54, 1.807) is 4.90 Å². The zero-order valence-electron chi connectivity index (χ0n) is 11.1. The summed E-state index contributed by atoms with van der Waals surface area (Å²) in [6, 6.07) is 8.03. The van der Waals surface area contributed by atoms with Gasteiger partial charge in [0.05, 0.1) is 6.54 Å². The number of carboxylic acid groups (broad SMARTS) is 1. The first-order valence-corrected chi connectivity index (χ1v) is 6.15. The third kappa shape index (κ3) is 4.75. The Labute approximate surface area is 119 Å². The molecule has 0 saturated carbocycles. The number of fused-ring (bicyclic) bond motifs is 1. The van der Waals surface area contributed by atoms with Gasteiger partial charge >= 0.3 is 12.1 Å². The first kappa shape index (κ1) is 17.0. The van der Waals surface area contributed by atoms with E-state index in [2.05, 4.69) is 6.07 Å². The van der Waals surface area contributed by atoms with Gasteiger partial charge in [0.1, 0.15) is 0 Å². The lowest BCUT2D eigenvalue weighted by Crippen LogP contribution is -2.39. The Bertz CT molecular complexity index is 518. The molecule has 1 aliphatic heterocycles. The summed E-state index contributed by atoms with van der Waals surface area (Å²) in [4.78, 5) is 22.2. The average Bonchev–Trinajstić information content (AvgIpc) is 2.45. The van der Waals surface area contributed by atoms with Crippen LogP contribution in [0.5, 0.6) is 0 Å². The van der Waals surface area contributed by atoms with Gasteiger partial charge in [-0.2, -0.15) is 13.2 Å². The first-order valence-electron chi connectivity index (χ1n) is 6.15. The van der Waals surface area contributed by atoms with Crippen molar-refractivity contribution in [1.29, 1.82) is 0 Å². The molecule has 8 heteroatoms. The molecule has 5 nitrogen and oxygen atoms in total. The number of aryl methyl sites for hydroxylation is 1. The Balaban J connectivity index is 0.000000270. The molecule has 2 rings (SSSR count). The second-order valence-corrected chi connectivity index (χ2v) is 4.28. The zero-order valence-corrected chi connectivity index (χ0v) is 11.1. The summed E-state index contributed by atoms with van der Waals surface area (Å²) in [5.74, 6) is -2.75. The number of rotatable bonds is 1. The number of anilines is 1. The highest BCUT2D eigenvalue weighted by molar-refractivity contribution is 5.95. The molecule has 1 heterocycles. The molecule has 0 radical (unpaired) electrons. The van der Waals surface area contributed by atoms with Crippen LogP contribution < -0.4 is 10.6 Å². The first-order chi connectivity index (χ1) is 9.77. The minimum Gasteiger partial charge on any atom is -0.475 e. The smallest absolute Gasteiger partial charge is 0.475 e. The van der Waals surface area contributed by atoms with Crippen molar-refractivity contribution < 1.29 is 27.9 Å². The monoisotopic (exact) mass is 304 g/mol. The zero-order chi connectivity index (χ0) is 16.0. The Hall–Kier alpha value is -2.09. The molecule has 0 spiro atoms. The fourth-order valence-corrected chi connectivity index (χ4v) is 1.90. The van der Waals surface area contributed by atoms with Crippen LogP contribution in [-0.4, -0.2) is 36.2 Å². The van der Waals surface area contributed by atoms with Gasteiger partial charge in [0.2, 0.25) is 5.91 Å². The van der Waals surface area contributed by atoms with Crippen molar-refractivity contribution in [3.05, 3.63) is 29.8 Å². The van der Waals surface area contributed by atoms with E-state index in [1.165, 1.54) is 5.56 Å². The molecule has 1 aromatic rings. The number of alkyl halides is 3. The van der Waals surface area contributed by atoms with E-state index in [9.17, 15) is 18.0 Å². The van der Waals surface area contributed by atoms with Gasteiger partial charge in [-0.3, -0.25) is 4.79 Å². The average molecular weight is 304 g/mol. The molecule has 0 bridgehead atoms. The number of hydrogen-bond acceptors (Lipinski definition) is 3. The molecule has 3 N–H and O–H groups in total. The lowest BCUT2D eigenvalue weighted by Gasteiger charge is -2.29. The highest BCUT2D eigenvalue weighted by Gasteiger charge is 2.38. The molecular formula is C13H15F3N2O3. The van der Waals surface area contributed by atoms with Crippen LogP contribution in [0.2, 0.25) is 0 Å². The molecule has 21 heavy (non-hydrogen) atoms. The third-order valence-electron chi connectivity index (χ3n) is 2.83. The summed E-state index contributed by atoms with van der Waals surface area (Å²) in [5.41, 5.74) is 7.66. The Kier molecular flexibility index (Phi) is 5.71. The number of amides is 1. The highest BCUT2D eigenvalue weighted by atomic mass is 19.4. The van der Waals surface area contributed by atoms with Gasteiger partial charge in [-0.15, -0.1) is 0 Å². The predicted molar refractivity (Wildman–Crippen MR) is 69.9 cm³/mol. The molecule has 0 atom stereocenters. The van der Waals surface area contributed by atoms with Crippen LogP contribution in [0.4, 0.5) is 18.9 Å².